The molecule has 6 nitrogen and oxygen atoms in total. The van der Waals surface area contributed by atoms with E-state index < -0.39 is 17.8 Å². The Morgan fingerprint density at radius 1 is 0.875 bits per heavy atom. The van der Waals surface area contributed by atoms with E-state index in [-0.39, 0.29) is 5.75 Å². The molecule has 0 unspecified atom stereocenters. The van der Waals surface area contributed by atoms with Crippen molar-refractivity contribution >= 4 is 11.9 Å². The average Bonchev–Trinajstić information content (AvgIpc) is 2.79. The van der Waals surface area contributed by atoms with Crippen LogP contribution in [0.15, 0.2) is 60.8 Å². The molecule has 1 aliphatic rings. The van der Waals surface area contributed by atoms with Crippen molar-refractivity contribution in [3.63, 3.8) is 0 Å². The third-order valence-corrected chi connectivity index (χ3v) is 5.47. The third-order valence-electron chi connectivity index (χ3n) is 5.47. The number of aromatic nitrogens is 1. The van der Waals surface area contributed by atoms with Crippen molar-refractivity contribution in [2.75, 3.05) is 31.1 Å². The first-order valence-electron chi connectivity index (χ1n) is 9.92. The Labute approximate surface area is 182 Å². The molecule has 3 aromatic rings. The summed E-state index contributed by atoms with van der Waals surface area (Å²) >= 11 is 0. The topological polar surface area (TPSA) is 76.9 Å². The van der Waals surface area contributed by atoms with E-state index >= 15 is 0 Å². The zero-order valence-corrected chi connectivity index (χ0v) is 16.9. The summed E-state index contributed by atoms with van der Waals surface area (Å²) in [5, 5.41) is 19.5. The molecular formula is C23H20F3N3O3. The van der Waals surface area contributed by atoms with E-state index in [1.165, 1.54) is 23.1 Å². The van der Waals surface area contributed by atoms with Gasteiger partial charge in [0.2, 0.25) is 0 Å². The summed E-state index contributed by atoms with van der Waals surface area (Å²) in [6.45, 7) is 1.74. The monoisotopic (exact) mass is 443 g/mol. The zero-order chi connectivity index (χ0) is 22.9. The molecule has 0 spiro atoms. The Morgan fingerprint density at radius 3 is 2.16 bits per heavy atom. The van der Waals surface area contributed by atoms with Crippen LogP contribution in [0.5, 0.6) is 5.75 Å². The number of amides is 1. The number of carboxylic acid groups (broad SMARTS) is 1. The molecule has 2 N–H and O–H groups in total. The SMILES string of the molecule is O=C(O)N1CCN(c2cc(-c3cc(-c4ccc(C(F)(F)F)cc4)ccc3O)ccn2)CC1. The van der Waals surface area contributed by atoms with Gasteiger partial charge < -0.3 is 20.0 Å². The van der Waals surface area contributed by atoms with E-state index in [9.17, 15) is 23.1 Å². The molecule has 0 bridgehead atoms. The van der Waals surface area contributed by atoms with Gasteiger partial charge in [-0.2, -0.15) is 13.2 Å². The van der Waals surface area contributed by atoms with Gasteiger partial charge in [0.25, 0.3) is 0 Å². The van der Waals surface area contributed by atoms with Crippen molar-refractivity contribution in [2.45, 2.75) is 6.18 Å². The molecule has 1 fully saturated rings. The van der Waals surface area contributed by atoms with Gasteiger partial charge in [-0.05, 0) is 53.1 Å². The highest BCUT2D eigenvalue weighted by atomic mass is 19.4. The number of halogens is 3. The quantitative estimate of drug-likeness (QED) is 0.600. The molecule has 1 saturated heterocycles. The van der Waals surface area contributed by atoms with Crippen molar-refractivity contribution in [3.05, 3.63) is 66.4 Å². The summed E-state index contributed by atoms with van der Waals surface area (Å²) in [7, 11) is 0. The van der Waals surface area contributed by atoms with E-state index in [4.69, 9.17) is 5.11 Å². The van der Waals surface area contributed by atoms with Crippen LogP contribution in [-0.4, -0.2) is 52.4 Å². The lowest BCUT2D eigenvalue weighted by atomic mass is 9.98. The van der Waals surface area contributed by atoms with E-state index in [1.54, 1.807) is 24.4 Å². The molecule has 0 saturated carbocycles. The maximum atomic E-state index is 12.8. The van der Waals surface area contributed by atoms with E-state index in [0.717, 1.165) is 12.1 Å². The number of phenols is 1. The van der Waals surface area contributed by atoms with Crippen LogP contribution in [0.25, 0.3) is 22.3 Å². The van der Waals surface area contributed by atoms with Gasteiger partial charge in [0.1, 0.15) is 11.6 Å². The normalized spacial score (nSPS) is 14.5. The maximum Gasteiger partial charge on any atom is 0.416 e. The van der Waals surface area contributed by atoms with Crippen molar-refractivity contribution < 1.29 is 28.2 Å². The van der Waals surface area contributed by atoms with Crippen LogP contribution in [0.1, 0.15) is 5.56 Å². The number of carbonyl (C=O) groups is 1. The highest BCUT2D eigenvalue weighted by Gasteiger charge is 2.30. The first-order valence-corrected chi connectivity index (χ1v) is 9.92. The van der Waals surface area contributed by atoms with Gasteiger partial charge >= 0.3 is 12.3 Å². The number of phenolic OH excluding ortho intramolecular Hbond substituents is 1. The van der Waals surface area contributed by atoms with Crippen molar-refractivity contribution in [2.24, 2.45) is 0 Å². The lowest BCUT2D eigenvalue weighted by Gasteiger charge is -2.34. The Balaban J connectivity index is 1.61. The average molecular weight is 443 g/mol. The molecule has 4 rings (SSSR count). The number of rotatable bonds is 3. The molecule has 1 amide bonds. The van der Waals surface area contributed by atoms with Crippen molar-refractivity contribution in [1.82, 2.24) is 9.88 Å². The second-order valence-corrected chi connectivity index (χ2v) is 7.47. The van der Waals surface area contributed by atoms with Crippen LogP contribution in [0, 0.1) is 0 Å². The molecule has 1 aromatic heterocycles. The van der Waals surface area contributed by atoms with Crippen LogP contribution in [0.3, 0.4) is 0 Å². The Bertz CT molecular complexity index is 1130. The number of alkyl halides is 3. The summed E-state index contributed by atoms with van der Waals surface area (Å²) in [5.41, 5.74) is 1.76. The van der Waals surface area contributed by atoms with E-state index in [1.807, 2.05) is 11.0 Å². The Hall–Kier alpha value is -3.75. The minimum Gasteiger partial charge on any atom is -0.507 e. The van der Waals surface area contributed by atoms with Crippen LogP contribution in [0.4, 0.5) is 23.8 Å². The largest absolute Gasteiger partial charge is 0.507 e. The number of hydrogen-bond acceptors (Lipinski definition) is 4. The number of pyridine rings is 1. The predicted molar refractivity (Wildman–Crippen MR) is 114 cm³/mol. The van der Waals surface area contributed by atoms with Crippen LogP contribution >= 0.6 is 0 Å². The molecule has 0 aliphatic carbocycles. The fraction of sp³-hybridized carbons (Fsp3) is 0.217. The molecule has 2 heterocycles. The van der Waals surface area contributed by atoms with Crippen LogP contribution in [0.2, 0.25) is 0 Å². The summed E-state index contributed by atoms with van der Waals surface area (Å²) in [6, 6.07) is 13.3. The molecule has 2 aromatic carbocycles. The molecule has 0 radical (unpaired) electrons. The van der Waals surface area contributed by atoms with Gasteiger partial charge in [-0.25, -0.2) is 9.78 Å². The third kappa shape index (κ3) is 4.46. The number of aromatic hydroxyl groups is 1. The van der Waals surface area contributed by atoms with Gasteiger partial charge in [-0.15, -0.1) is 0 Å². The smallest absolute Gasteiger partial charge is 0.416 e. The Kier molecular flexibility index (Phi) is 5.65. The van der Waals surface area contributed by atoms with Gasteiger partial charge in [0.05, 0.1) is 5.56 Å². The summed E-state index contributed by atoms with van der Waals surface area (Å²) in [4.78, 5) is 18.8. The van der Waals surface area contributed by atoms with Crippen LogP contribution in [-0.2, 0) is 6.18 Å². The summed E-state index contributed by atoms with van der Waals surface area (Å²) < 4.78 is 38.5. The molecule has 1 aliphatic heterocycles. The van der Waals surface area contributed by atoms with E-state index in [2.05, 4.69) is 4.98 Å². The lowest BCUT2D eigenvalue weighted by Crippen LogP contribution is -2.48. The van der Waals surface area contributed by atoms with Gasteiger partial charge in [-0.3, -0.25) is 0 Å². The molecular weight excluding hydrogens is 423 g/mol. The minimum absolute atomic E-state index is 0.0357. The molecule has 32 heavy (non-hydrogen) atoms. The number of benzene rings is 2. The number of anilines is 1. The zero-order valence-electron chi connectivity index (χ0n) is 16.9. The minimum atomic E-state index is -4.40. The first kappa shape index (κ1) is 21.5. The second-order valence-electron chi connectivity index (χ2n) is 7.47. The van der Waals surface area contributed by atoms with Crippen molar-refractivity contribution in [1.29, 1.82) is 0 Å². The summed E-state index contributed by atoms with van der Waals surface area (Å²) in [6.07, 6.45) is -3.74. The maximum absolute atomic E-state index is 12.8. The lowest BCUT2D eigenvalue weighted by molar-refractivity contribution is -0.137. The number of hydrogen-bond donors (Lipinski definition) is 2. The second kappa shape index (κ2) is 8.41. The van der Waals surface area contributed by atoms with Crippen LogP contribution < -0.4 is 4.90 Å². The number of piperazine rings is 1. The van der Waals surface area contributed by atoms with Gasteiger partial charge in [0, 0.05) is 37.9 Å². The molecule has 166 valence electrons. The van der Waals surface area contributed by atoms with Gasteiger partial charge in [0.15, 0.2) is 0 Å². The Morgan fingerprint density at radius 2 is 1.53 bits per heavy atom. The van der Waals surface area contributed by atoms with Gasteiger partial charge in [-0.1, -0.05) is 18.2 Å². The fourth-order valence-corrected chi connectivity index (χ4v) is 3.68. The van der Waals surface area contributed by atoms with E-state index in [0.29, 0.717) is 54.3 Å². The predicted octanol–water partition coefficient (Wildman–Crippen LogP) is 4.94. The number of nitrogens with zero attached hydrogens (tertiary/aromatic N) is 3. The highest BCUT2D eigenvalue weighted by molar-refractivity contribution is 5.78. The van der Waals surface area contributed by atoms with Crippen molar-refractivity contribution in [3.8, 4) is 28.0 Å². The molecule has 9 heteroatoms. The molecule has 0 atom stereocenters. The highest BCUT2D eigenvalue weighted by Crippen LogP contribution is 2.36. The first-order chi connectivity index (χ1) is 15.2. The standard InChI is InChI=1S/C23H20F3N3O3/c24-23(25,26)18-4-1-15(2-5-18)16-3-6-20(30)19(13-16)17-7-8-27-21(14-17)28-9-11-29(12-10-28)22(31)32/h1-8,13-14,30H,9-12H2,(H,31,32). The summed E-state index contributed by atoms with van der Waals surface area (Å²) in [5.74, 6) is 0.695. The fourth-order valence-electron chi connectivity index (χ4n) is 3.68.